The summed E-state index contributed by atoms with van der Waals surface area (Å²) in [6.45, 7) is 9.72. The molecular weight excluding hydrogens is 696 g/mol. The molecule has 5 rings (SSSR count). The molecule has 0 fully saturated rings. The van der Waals surface area contributed by atoms with Crippen LogP contribution in [0.15, 0.2) is 70.4 Å². The van der Waals surface area contributed by atoms with Crippen molar-refractivity contribution in [2.75, 3.05) is 46.4 Å². The van der Waals surface area contributed by atoms with E-state index >= 15 is 0 Å². The quantitative estimate of drug-likeness (QED) is 0.173. The van der Waals surface area contributed by atoms with Crippen LogP contribution in [0.3, 0.4) is 0 Å². The van der Waals surface area contributed by atoms with Crippen molar-refractivity contribution < 1.29 is 43.3 Å². The molecule has 11 heteroatoms. The number of carbonyl (C=O) groups is 2. The fourth-order valence-electron chi connectivity index (χ4n) is 7.82. The van der Waals surface area contributed by atoms with Crippen LogP contribution in [0.4, 0.5) is 11.4 Å². The Hall–Kier alpha value is -4.70. The number of carboxylic acid groups (broad SMARTS) is 2. The average Bonchev–Trinajstić information content (AvgIpc) is 3.45. The van der Waals surface area contributed by atoms with Gasteiger partial charge in [-0.15, -0.1) is 0 Å². The molecular formula is C42H52ClN2O8+. The number of nitrogens with zero attached hydrogens (tertiary/aromatic N) is 2. The third-order valence-corrected chi connectivity index (χ3v) is 11.2. The topological polar surface area (TPSA) is 118 Å². The molecule has 2 aromatic carbocycles. The van der Waals surface area contributed by atoms with Crippen molar-refractivity contribution in [3.8, 4) is 23.0 Å². The second kappa shape index (κ2) is 16.1. The van der Waals surface area contributed by atoms with Gasteiger partial charge in [-0.05, 0) is 74.4 Å². The lowest BCUT2D eigenvalue weighted by atomic mass is 9.81. The third-order valence-electron chi connectivity index (χ3n) is 10.7. The minimum atomic E-state index is -0.825. The fourth-order valence-corrected chi connectivity index (χ4v) is 8.13. The van der Waals surface area contributed by atoms with Gasteiger partial charge in [0, 0.05) is 58.9 Å². The molecule has 0 unspecified atom stereocenters. The molecule has 53 heavy (non-hydrogen) atoms. The van der Waals surface area contributed by atoms with E-state index in [0.717, 1.165) is 64.3 Å². The Bertz CT molecular complexity index is 1930. The largest absolute Gasteiger partial charge is 0.493 e. The van der Waals surface area contributed by atoms with Crippen molar-refractivity contribution in [2.45, 2.75) is 83.5 Å². The van der Waals surface area contributed by atoms with Gasteiger partial charge in [0.15, 0.2) is 28.7 Å². The molecule has 0 aromatic heterocycles. The van der Waals surface area contributed by atoms with Gasteiger partial charge in [0.1, 0.15) is 6.54 Å². The third kappa shape index (κ3) is 7.84. The zero-order valence-electron chi connectivity index (χ0n) is 32.1. The summed E-state index contributed by atoms with van der Waals surface area (Å²) in [5, 5.41) is 19.5. The summed E-state index contributed by atoms with van der Waals surface area (Å²) in [5.41, 5.74) is 7.42. The summed E-state index contributed by atoms with van der Waals surface area (Å²) in [5.74, 6) is 0.867. The Morgan fingerprint density at radius 1 is 0.792 bits per heavy atom. The molecule has 284 valence electrons. The van der Waals surface area contributed by atoms with Crippen LogP contribution in [0.1, 0.15) is 83.8 Å². The second-order valence-electron chi connectivity index (χ2n) is 14.7. The number of allylic oxidation sites excluding steroid dienone is 8. The van der Waals surface area contributed by atoms with Crippen LogP contribution in [-0.2, 0) is 20.4 Å². The predicted molar refractivity (Wildman–Crippen MR) is 208 cm³/mol. The van der Waals surface area contributed by atoms with E-state index in [4.69, 9.17) is 30.5 Å². The van der Waals surface area contributed by atoms with Crippen molar-refractivity contribution in [1.82, 2.24) is 0 Å². The molecule has 0 spiro atoms. The molecule has 1 aliphatic carbocycles. The van der Waals surface area contributed by atoms with E-state index in [-0.39, 0.29) is 12.8 Å². The number of rotatable bonds is 15. The van der Waals surface area contributed by atoms with E-state index in [9.17, 15) is 19.8 Å². The summed E-state index contributed by atoms with van der Waals surface area (Å²) in [7, 11) is 6.47. The first-order chi connectivity index (χ1) is 25.2. The van der Waals surface area contributed by atoms with Crippen molar-refractivity contribution >= 4 is 40.6 Å². The predicted octanol–water partition coefficient (Wildman–Crippen LogP) is 8.67. The summed E-state index contributed by atoms with van der Waals surface area (Å²) < 4.78 is 24.8. The van der Waals surface area contributed by atoms with Crippen molar-refractivity contribution in [2.24, 2.45) is 0 Å². The van der Waals surface area contributed by atoms with E-state index in [1.54, 1.807) is 28.4 Å². The highest BCUT2D eigenvalue weighted by Crippen LogP contribution is 2.52. The normalized spacial score (nSPS) is 18.9. The van der Waals surface area contributed by atoms with Crippen molar-refractivity contribution in [3.05, 3.63) is 81.6 Å². The van der Waals surface area contributed by atoms with E-state index in [2.05, 4.69) is 61.5 Å². The van der Waals surface area contributed by atoms with Crippen LogP contribution >= 0.6 is 11.6 Å². The number of anilines is 1. The molecule has 3 aliphatic rings. The van der Waals surface area contributed by atoms with Crippen LogP contribution in [0.25, 0.3) is 0 Å². The van der Waals surface area contributed by atoms with Crippen LogP contribution in [-0.4, -0.2) is 74.0 Å². The van der Waals surface area contributed by atoms with Gasteiger partial charge >= 0.3 is 11.9 Å². The lowest BCUT2D eigenvalue weighted by molar-refractivity contribution is -0.438. The van der Waals surface area contributed by atoms with Gasteiger partial charge in [-0.1, -0.05) is 37.6 Å². The Balaban J connectivity index is 1.54. The number of fused-ring (bicyclic) bond motifs is 2. The highest BCUT2D eigenvalue weighted by molar-refractivity contribution is 6.32. The number of hydrogen-bond acceptors (Lipinski definition) is 7. The molecule has 2 N–H and O–H groups in total. The van der Waals surface area contributed by atoms with Crippen molar-refractivity contribution in [1.29, 1.82) is 0 Å². The van der Waals surface area contributed by atoms with Gasteiger partial charge in [0.2, 0.25) is 5.69 Å². The molecule has 0 amide bonds. The molecule has 0 bridgehead atoms. The second-order valence-corrected chi connectivity index (χ2v) is 15.0. The summed E-state index contributed by atoms with van der Waals surface area (Å²) in [6, 6.07) is 7.97. The number of aliphatic carboxylic acids is 2. The number of hydrogen-bond donors (Lipinski definition) is 2. The molecule has 2 aliphatic heterocycles. The van der Waals surface area contributed by atoms with Crippen LogP contribution in [0.5, 0.6) is 23.0 Å². The molecule has 2 aromatic rings. The highest BCUT2D eigenvalue weighted by Gasteiger charge is 2.45. The first-order valence-corrected chi connectivity index (χ1v) is 18.4. The maximum Gasteiger partial charge on any atom is 0.303 e. The summed E-state index contributed by atoms with van der Waals surface area (Å²) >= 11 is 7.21. The van der Waals surface area contributed by atoms with Gasteiger partial charge in [-0.2, -0.15) is 4.58 Å². The number of carboxylic acids is 2. The minimum Gasteiger partial charge on any atom is -0.493 e. The summed E-state index contributed by atoms with van der Waals surface area (Å²) in [6.07, 6.45) is 12.1. The molecule has 0 saturated carbocycles. The SMILES string of the molecule is COc1cc2c(cc1OC)C(C)(C)/C(=C/C=C1\CCCC(/C=C/C3=[N+](CCCC(=O)O)c4cc(OC)c(OC)cc4C3(C)C)=C1Cl)N2CCCC(=O)O. The Labute approximate surface area is 317 Å². The van der Waals surface area contributed by atoms with Gasteiger partial charge in [-0.3, -0.25) is 9.59 Å². The van der Waals surface area contributed by atoms with Gasteiger partial charge in [0.05, 0.1) is 46.3 Å². The van der Waals surface area contributed by atoms with Crippen LogP contribution in [0, 0.1) is 0 Å². The number of methoxy groups -OCH3 is 4. The molecule has 0 atom stereocenters. The Morgan fingerprint density at radius 3 is 2.00 bits per heavy atom. The fraction of sp³-hybridized carbons (Fsp3) is 0.452. The molecule has 0 saturated heterocycles. The standard InChI is InChI=1S/C42H51ClN2O8/c1-41(2)28-22-32(50-5)34(52-7)24-30(28)44(20-10-14-38(46)47)36(41)18-16-26-12-9-13-27(40(26)43)17-19-37-42(3,4)29-23-33(51-6)35(53-8)25-31(29)45(37)21-11-15-39(48)49/h16-19,22-25H,9-15,20-21H2,1-8H3,(H-,46,47,48,49)/p+1. The molecule has 10 nitrogen and oxygen atoms in total. The first-order valence-electron chi connectivity index (χ1n) is 18.1. The Morgan fingerprint density at radius 2 is 1.38 bits per heavy atom. The lowest BCUT2D eigenvalue weighted by Crippen LogP contribution is -2.28. The van der Waals surface area contributed by atoms with Crippen molar-refractivity contribution in [3.63, 3.8) is 0 Å². The number of halogens is 1. The summed E-state index contributed by atoms with van der Waals surface area (Å²) in [4.78, 5) is 25.1. The minimum absolute atomic E-state index is 0.0666. The first kappa shape index (κ1) is 39.5. The lowest BCUT2D eigenvalue weighted by Gasteiger charge is -2.27. The zero-order valence-corrected chi connectivity index (χ0v) is 32.9. The highest BCUT2D eigenvalue weighted by atomic mass is 35.5. The van der Waals surface area contributed by atoms with E-state index in [0.29, 0.717) is 54.0 Å². The molecule has 2 heterocycles. The van der Waals surface area contributed by atoms with Gasteiger partial charge < -0.3 is 34.1 Å². The maximum absolute atomic E-state index is 11.4. The maximum atomic E-state index is 11.4. The Kier molecular flexibility index (Phi) is 12.0. The van der Waals surface area contributed by atoms with E-state index < -0.39 is 22.8 Å². The van der Waals surface area contributed by atoms with Crippen LogP contribution in [0.2, 0.25) is 0 Å². The molecule has 0 radical (unpaired) electrons. The smallest absolute Gasteiger partial charge is 0.303 e. The number of ether oxygens (including phenoxy) is 4. The van der Waals surface area contributed by atoms with Crippen LogP contribution < -0.4 is 23.8 Å². The monoisotopic (exact) mass is 747 g/mol. The zero-order chi connectivity index (χ0) is 38.7. The average molecular weight is 748 g/mol. The number of benzene rings is 2. The van der Waals surface area contributed by atoms with Gasteiger partial charge in [-0.25, -0.2) is 0 Å². The van der Waals surface area contributed by atoms with E-state index in [1.807, 2.05) is 24.3 Å². The van der Waals surface area contributed by atoms with Gasteiger partial charge in [0.25, 0.3) is 0 Å². The van der Waals surface area contributed by atoms with E-state index in [1.165, 1.54) is 0 Å².